The smallest absolute Gasteiger partial charge is 0.0109 e. The summed E-state index contributed by atoms with van der Waals surface area (Å²) in [7, 11) is 2.21. The molecule has 2 unspecified atom stereocenters. The van der Waals surface area contributed by atoms with Crippen LogP contribution in [0.25, 0.3) is 0 Å². The van der Waals surface area contributed by atoms with Gasteiger partial charge in [-0.05, 0) is 53.2 Å². The van der Waals surface area contributed by atoms with E-state index < -0.39 is 0 Å². The van der Waals surface area contributed by atoms with Crippen molar-refractivity contribution in [2.24, 2.45) is 5.73 Å². The third-order valence-corrected chi connectivity index (χ3v) is 3.43. The molecular weight excluding hydrogens is 186 g/mol. The summed E-state index contributed by atoms with van der Waals surface area (Å²) in [6.07, 6.45) is 3.87. The summed E-state index contributed by atoms with van der Waals surface area (Å²) in [6, 6.07) is 0.918. The average Bonchev–Trinajstić information content (AvgIpc) is 2.65. The minimum Gasteiger partial charge on any atom is -0.328 e. The van der Waals surface area contributed by atoms with Gasteiger partial charge in [-0.2, -0.15) is 0 Å². The van der Waals surface area contributed by atoms with Crippen molar-refractivity contribution in [1.82, 2.24) is 9.80 Å². The molecule has 0 bridgehead atoms. The molecular formula is C12H27N3. The van der Waals surface area contributed by atoms with Gasteiger partial charge in [-0.1, -0.05) is 0 Å². The van der Waals surface area contributed by atoms with Gasteiger partial charge in [0.25, 0.3) is 0 Å². The minimum absolute atomic E-state index is 0.314. The molecule has 1 fully saturated rings. The second kappa shape index (κ2) is 6.46. The van der Waals surface area contributed by atoms with E-state index in [1.54, 1.807) is 0 Å². The summed E-state index contributed by atoms with van der Waals surface area (Å²) in [6.45, 7) is 9.36. The molecule has 0 aromatic rings. The van der Waals surface area contributed by atoms with Crippen LogP contribution in [0.2, 0.25) is 0 Å². The first kappa shape index (κ1) is 12.9. The van der Waals surface area contributed by atoms with E-state index in [1.165, 1.54) is 39.0 Å². The maximum absolute atomic E-state index is 5.81. The van der Waals surface area contributed by atoms with Crippen LogP contribution in [0.3, 0.4) is 0 Å². The van der Waals surface area contributed by atoms with Gasteiger partial charge in [0.1, 0.15) is 0 Å². The monoisotopic (exact) mass is 213 g/mol. The topological polar surface area (TPSA) is 32.5 Å². The highest BCUT2D eigenvalue weighted by Crippen LogP contribution is 2.08. The lowest BCUT2D eigenvalue weighted by molar-refractivity contribution is 0.203. The maximum atomic E-state index is 5.81. The van der Waals surface area contributed by atoms with Crippen LogP contribution >= 0.6 is 0 Å². The van der Waals surface area contributed by atoms with Crippen molar-refractivity contribution in [3.05, 3.63) is 0 Å². The van der Waals surface area contributed by atoms with Crippen LogP contribution in [0.15, 0.2) is 0 Å². The van der Waals surface area contributed by atoms with Crippen molar-refractivity contribution in [2.75, 3.05) is 33.2 Å². The van der Waals surface area contributed by atoms with Crippen LogP contribution in [0.1, 0.15) is 33.1 Å². The Kier molecular flexibility index (Phi) is 5.58. The number of hydrogen-bond donors (Lipinski definition) is 1. The van der Waals surface area contributed by atoms with Crippen molar-refractivity contribution < 1.29 is 0 Å². The van der Waals surface area contributed by atoms with Gasteiger partial charge in [-0.3, -0.25) is 0 Å². The van der Waals surface area contributed by atoms with E-state index in [4.69, 9.17) is 5.73 Å². The standard InChI is InChI=1S/C12H27N3/c1-11(13)10-12(2)14(3)8-9-15-6-4-5-7-15/h11-12H,4-10,13H2,1-3H3. The second-order valence-electron chi connectivity index (χ2n) is 5.09. The lowest BCUT2D eigenvalue weighted by Crippen LogP contribution is -2.38. The molecule has 0 aliphatic carbocycles. The molecule has 0 saturated carbocycles. The quantitative estimate of drug-likeness (QED) is 0.718. The summed E-state index contributed by atoms with van der Waals surface area (Å²) < 4.78 is 0. The SMILES string of the molecule is CC(N)CC(C)N(C)CCN1CCCC1. The third-order valence-electron chi connectivity index (χ3n) is 3.43. The van der Waals surface area contributed by atoms with Crippen LogP contribution in [0.5, 0.6) is 0 Å². The first-order valence-electron chi connectivity index (χ1n) is 6.27. The van der Waals surface area contributed by atoms with Crippen molar-refractivity contribution in [3.8, 4) is 0 Å². The number of rotatable bonds is 6. The molecule has 1 rings (SSSR count). The van der Waals surface area contributed by atoms with Crippen LogP contribution in [0, 0.1) is 0 Å². The fraction of sp³-hybridized carbons (Fsp3) is 1.00. The lowest BCUT2D eigenvalue weighted by atomic mass is 10.1. The van der Waals surface area contributed by atoms with E-state index in [-0.39, 0.29) is 0 Å². The van der Waals surface area contributed by atoms with Gasteiger partial charge in [0.15, 0.2) is 0 Å². The van der Waals surface area contributed by atoms with Crippen molar-refractivity contribution >= 4 is 0 Å². The highest BCUT2D eigenvalue weighted by molar-refractivity contribution is 4.72. The highest BCUT2D eigenvalue weighted by Gasteiger charge is 2.14. The van der Waals surface area contributed by atoms with Crippen molar-refractivity contribution in [3.63, 3.8) is 0 Å². The molecule has 1 saturated heterocycles. The number of likely N-dealkylation sites (N-methyl/N-ethyl adjacent to an activating group) is 1. The molecule has 0 aromatic heterocycles. The summed E-state index contributed by atoms with van der Waals surface area (Å²) in [4.78, 5) is 5.00. The van der Waals surface area contributed by atoms with Crippen LogP contribution in [-0.2, 0) is 0 Å². The summed E-state index contributed by atoms with van der Waals surface area (Å²) in [5.74, 6) is 0. The molecule has 0 radical (unpaired) electrons. The Hall–Kier alpha value is -0.120. The number of nitrogens with zero attached hydrogens (tertiary/aromatic N) is 2. The van der Waals surface area contributed by atoms with Crippen molar-refractivity contribution in [2.45, 2.75) is 45.2 Å². The molecule has 90 valence electrons. The Morgan fingerprint density at radius 2 is 1.87 bits per heavy atom. The Labute approximate surface area is 94.6 Å². The minimum atomic E-state index is 0.314. The Morgan fingerprint density at radius 3 is 2.40 bits per heavy atom. The van der Waals surface area contributed by atoms with Gasteiger partial charge in [0.2, 0.25) is 0 Å². The second-order valence-corrected chi connectivity index (χ2v) is 5.09. The molecule has 1 aliphatic heterocycles. The van der Waals surface area contributed by atoms with E-state index in [0.29, 0.717) is 12.1 Å². The average molecular weight is 213 g/mol. The molecule has 1 heterocycles. The van der Waals surface area contributed by atoms with Crippen LogP contribution < -0.4 is 5.73 Å². The summed E-state index contributed by atoms with van der Waals surface area (Å²) in [5, 5.41) is 0. The zero-order valence-corrected chi connectivity index (χ0v) is 10.6. The molecule has 2 N–H and O–H groups in total. The molecule has 3 nitrogen and oxygen atoms in total. The van der Waals surface area contributed by atoms with Crippen molar-refractivity contribution in [1.29, 1.82) is 0 Å². The molecule has 0 amide bonds. The molecule has 0 aromatic carbocycles. The molecule has 3 heteroatoms. The van der Waals surface area contributed by atoms with E-state index in [0.717, 1.165) is 6.42 Å². The number of nitrogens with two attached hydrogens (primary N) is 1. The maximum Gasteiger partial charge on any atom is 0.0109 e. The predicted octanol–water partition coefficient (Wildman–Crippen LogP) is 1.14. The molecule has 2 atom stereocenters. The normalized spacial score (nSPS) is 22.2. The van der Waals surface area contributed by atoms with E-state index in [9.17, 15) is 0 Å². The number of hydrogen-bond acceptors (Lipinski definition) is 3. The predicted molar refractivity (Wildman–Crippen MR) is 66.0 cm³/mol. The van der Waals surface area contributed by atoms with Gasteiger partial charge in [0.05, 0.1) is 0 Å². The molecule has 15 heavy (non-hydrogen) atoms. The van der Waals surface area contributed by atoms with Gasteiger partial charge in [-0.25, -0.2) is 0 Å². The number of likely N-dealkylation sites (tertiary alicyclic amines) is 1. The van der Waals surface area contributed by atoms with Gasteiger partial charge < -0.3 is 15.5 Å². The van der Waals surface area contributed by atoms with E-state index in [1.807, 2.05) is 0 Å². The first-order chi connectivity index (χ1) is 7.09. The summed E-state index contributed by atoms with van der Waals surface area (Å²) in [5.41, 5.74) is 5.81. The van der Waals surface area contributed by atoms with Crippen LogP contribution in [-0.4, -0.2) is 55.1 Å². The molecule has 1 aliphatic rings. The highest BCUT2D eigenvalue weighted by atomic mass is 15.2. The third kappa shape index (κ3) is 4.96. The van der Waals surface area contributed by atoms with Crippen LogP contribution in [0.4, 0.5) is 0 Å². The lowest BCUT2D eigenvalue weighted by Gasteiger charge is -2.28. The largest absolute Gasteiger partial charge is 0.328 e. The zero-order valence-electron chi connectivity index (χ0n) is 10.6. The van der Waals surface area contributed by atoms with Gasteiger partial charge in [0, 0.05) is 25.2 Å². The molecule has 0 spiro atoms. The Balaban J connectivity index is 2.13. The first-order valence-corrected chi connectivity index (χ1v) is 6.27. The Morgan fingerprint density at radius 1 is 1.27 bits per heavy atom. The fourth-order valence-corrected chi connectivity index (χ4v) is 2.24. The van der Waals surface area contributed by atoms with E-state index in [2.05, 4.69) is 30.7 Å². The van der Waals surface area contributed by atoms with Gasteiger partial charge >= 0.3 is 0 Å². The van der Waals surface area contributed by atoms with Gasteiger partial charge in [-0.15, -0.1) is 0 Å². The zero-order chi connectivity index (χ0) is 11.3. The van der Waals surface area contributed by atoms with E-state index >= 15 is 0 Å². The summed E-state index contributed by atoms with van der Waals surface area (Å²) >= 11 is 0. The fourth-order valence-electron chi connectivity index (χ4n) is 2.24. The Bertz CT molecular complexity index is 164.